The fourth-order valence-corrected chi connectivity index (χ4v) is 0.581. The first-order chi connectivity index (χ1) is 5.60. The van der Waals surface area contributed by atoms with E-state index < -0.39 is 37.9 Å². The van der Waals surface area contributed by atoms with E-state index >= 15 is 0 Å². The van der Waals surface area contributed by atoms with Crippen LogP contribution in [-0.4, -0.2) is 58.3 Å². The molecule has 0 aliphatic rings. The van der Waals surface area contributed by atoms with Crippen molar-refractivity contribution in [2.24, 2.45) is 0 Å². The van der Waals surface area contributed by atoms with Crippen LogP contribution in [0.4, 0.5) is 0 Å². The third kappa shape index (κ3) is 5.13. The summed E-state index contributed by atoms with van der Waals surface area (Å²) in [6.07, 6.45) is 0. The third-order valence-electron chi connectivity index (χ3n) is 1.52. The molecule has 0 spiro atoms. The molecule has 1 unspecified atom stereocenters. The molecule has 0 aromatic heterocycles. The molecule has 5 N–H and O–H groups in total. The van der Waals surface area contributed by atoms with Crippen molar-refractivity contribution in [2.75, 3.05) is 26.4 Å². The summed E-state index contributed by atoms with van der Waals surface area (Å²) < 4.78 is 0. The van der Waals surface area contributed by atoms with Crippen molar-refractivity contribution in [3.8, 4) is 0 Å². The van der Waals surface area contributed by atoms with Crippen LogP contribution in [-0.2, 0) is 4.79 Å². The van der Waals surface area contributed by atoms with Gasteiger partial charge < -0.3 is 20.4 Å². The second-order valence-corrected chi connectivity index (χ2v) is 2.50. The molecule has 0 fully saturated rings. The Labute approximate surface area is 79.2 Å². The van der Waals surface area contributed by atoms with E-state index in [1.807, 2.05) is 0 Å². The van der Waals surface area contributed by atoms with Gasteiger partial charge in [0.05, 0.1) is 31.9 Å². The van der Waals surface area contributed by atoms with E-state index in [0.717, 1.165) is 0 Å². The van der Waals surface area contributed by atoms with Crippen LogP contribution in [0, 0.1) is 0 Å². The highest BCUT2D eigenvalue weighted by atomic mass is 31.0. The van der Waals surface area contributed by atoms with E-state index in [-0.39, 0.29) is 9.90 Å². The molecule has 0 bridgehead atoms. The Bertz CT molecular complexity index is 142. The van der Waals surface area contributed by atoms with E-state index in [0.29, 0.717) is 0 Å². The van der Waals surface area contributed by atoms with E-state index in [2.05, 4.69) is 5.32 Å². The highest BCUT2D eigenvalue weighted by Gasteiger charge is 2.27. The first-order valence-corrected chi connectivity index (χ1v) is 3.39. The van der Waals surface area contributed by atoms with Gasteiger partial charge in [-0.1, -0.05) is 0 Å². The Morgan fingerprint density at radius 3 is 1.77 bits per heavy atom. The number of aliphatic hydroxyl groups is 3. The van der Waals surface area contributed by atoms with Crippen LogP contribution in [0.1, 0.15) is 0 Å². The molecule has 0 rings (SSSR count). The van der Waals surface area contributed by atoms with E-state index in [1.165, 1.54) is 0 Å². The molecule has 6 nitrogen and oxygen atoms in total. The number of rotatable bonds is 6. The molecular formula is C6H16NO5P. The quantitative estimate of drug-likeness (QED) is 0.310. The zero-order chi connectivity index (χ0) is 9.61. The monoisotopic (exact) mass is 213 g/mol. The molecule has 0 aliphatic carbocycles. The lowest BCUT2D eigenvalue weighted by atomic mass is 10.0. The predicted octanol–water partition coefficient (Wildman–Crippen LogP) is -2.57. The van der Waals surface area contributed by atoms with Gasteiger partial charge in [-0.15, -0.1) is 0 Å². The minimum absolute atomic E-state index is 0. The topological polar surface area (TPSA) is 110 Å². The molecule has 0 saturated carbocycles. The van der Waals surface area contributed by atoms with Crippen molar-refractivity contribution in [2.45, 2.75) is 5.54 Å². The average molecular weight is 213 g/mol. The maximum Gasteiger partial charge on any atom is 0.317 e. The number of carboxylic acids is 1. The molecule has 0 aliphatic heterocycles. The van der Waals surface area contributed by atoms with Crippen LogP contribution in [0.25, 0.3) is 0 Å². The number of aliphatic carboxylic acids is 1. The summed E-state index contributed by atoms with van der Waals surface area (Å²) in [6, 6.07) is 0. The fraction of sp³-hybridized carbons (Fsp3) is 0.833. The summed E-state index contributed by atoms with van der Waals surface area (Å²) in [6.45, 7) is -1.98. The van der Waals surface area contributed by atoms with Gasteiger partial charge in [0.1, 0.15) is 0 Å². The number of nitrogens with one attached hydrogen (secondary N) is 1. The lowest BCUT2D eigenvalue weighted by Crippen LogP contribution is -2.56. The lowest BCUT2D eigenvalue weighted by molar-refractivity contribution is -0.136. The highest BCUT2D eigenvalue weighted by molar-refractivity contribution is 6.92. The summed E-state index contributed by atoms with van der Waals surface area (Å²) in [5.74, 6) is -1.12. The van der Waals surface area contributed by atoms with Crippen LogP contribution in [0.2, 0.25) is 0 Å². The van der Waals surface area contributed by atoms with Crippen LogP contribution < -0.4 is 5.32 Å². The molecule has 0 saturated heterocycles. The molecular weight excluding hydrogens is 197 g/mol. The molecule has 0 amide bonds. The second-order valence-electron chi connectivity index (χ2n) is 2.50. The molecule has 0 aromatic rings. The van der Waals surface area contributed by atoms with Gasteiger partial charge in [0.15, 0.2) is 0 Å². The van der Waals surface area contributed by atoms with Gasteiger partial charge in [0.25, 0.3) is 0 Å². The number of carbonyl (C=O) groups is 1. The van der Waals surface area contributed by atoms with Crippen molar-refractivity contribution in [1.82, 2.24) is 5.32 Å². The Morgan fingerprint density at radius 1 is 1.15 bits per heavy atom. The van der Waals surface area contributed by atoms with E-state index in [1.54, 1.807) is 0 Å². The smallest absolute Gasteiger partial charge is 0.317 e. The van der Waals surface area contributed by atoms with E-state index in [4.69, 9.17) is 20.4 Å². The summed E-state index contributed by atoms with van der Waals surface area (Å²) >= 11 is 0. The standard InChI is InChI=1S/C6H13NO5.H3P/c8-2-6(3-9,4-10)7-1-5(11)12;/h7-10H,1-4H2,(H,11,12);1H3. The van der Waals surface area contributed by atoms with Crippen LogP contribution in [0.3, 0.4) is 0 Å². The first-order valence-electron chi connectivity index (χ1n) is 3.39. The number of hydrogen-bond acceptors (Lipinski definition) is 5. The normalized spacial score (nSPS) is 10.7. The van der Waals surface area contributed by atoms with Crippen LogP contribution in [0.5, 0.6) is 0 Å². The highest BCUT2D eigenvalue weighted by Crippen LogP contribution is 1.99. The molecule has 80 valence electrons. The Morgan fingerprint density at radius 2 is 1.54 bits per heavy atom. The minimum Gasteiger partial charge on any atom is -0.480 e. The van der Waals surface area contributed by atoms with Gasteiger partial charge in [0.2, 0.25) is 0 Å². The maximum atomic E-state index is 10.1. The van der Waals surface area contributed by atoms with Crippen molar-refractivity contribution in [3.63, 3.8) is 0 Å². The van der Waals surface area contributed by atoms with Crippen molar-refractivity contribution in [1.29, 1.82) is 0 Å². The summed E-state index contributed by atoms with van der Waals surface area (Å²) in [4.78, 5) is 10.1. The van der Waals surface area contributed by atoms with Crippen molar-refractivity contribution >= 4 is 15.9 Å². The summed E-state index contributed by atoms with van der Waals surface area (Å²) in [5, 5.41) is 36.7. The predicted molar refractivity (Wildman–Crippen MR) is 50.7 cm³/mol. The average Bonchev–Trinajstić information content (AvgIpc) is 2.08. The van der Waals surface area contributed by atoms with Gasteiger partial charge in [-0.05, 0) is 0 Å². The van der Waals surface area contributed by atoms with Gasteiger partial charge in [-0.25, -0.2) is 0 Å². The summed E-state index contributed by atoms with van der Waals surface area (Å²) in [5.41, 5.74) is -1.31. The van der Waals surface area contributed by atoms with Crippen LogP contribution >= 0.6 is 9.90 Å². The number of hydrogen-bond donors (Lipinski definition) is 5. The fourth-order valence-electron chi connectivity index (χ4n) is 0.581. The Kier molecular flexibility index (Phi) is 8.40. The molecule has 1 atom stereocenters. The van der Waals surface area contributed by atoms with Crippen molar-refractivity contribution < 1.29 is 25.2 Å². The second kappa shape index (κ2) is 7.17. The first kappa shape index (κ1) is 15.2. The Balaban J connectivity index is 0. The van der Waals surface area contributed by atoms with Gasteiger partial charge in [0, 0.05) is 0 Å². The third-order valence-corrected chi connectivity index (χ3v) is 1.52. The molecule has 13 heavy (non-hydrogen) atoms. The summed E-state index contributed by atoms with van der Waals surface area (Å²) in [7, 11) is 0. The van der Waals surface area contributed by atoms with Crippen molar-refractivity contribution in [3.05, 3.63) is 0 Å². The zero-order valence-corrected chi connectivity index (χ0v) is 8.65. The molecule has 0 radical (unpaired) electrons. The maximum absolute atomic E-state index is 10.1. The van der Waals surface area contributed by atoms with Gasteiger partial charge in [-0.2, -0.15) is 9.90 Å². The molecule has 0 heterocycles. The van der Waals surface area contributed by atoms with Crippen LogP contribution in [0.15, 0.2) is 0 Å². The number of aliphatic hydroxyl groups excluding tert-OH is 3. The largest absolute Gasteiger partial charge is 0.480 e. The van der Waals surface area contributed by atoms with Gasteiger partial charge >= 0.3 is 5.97 Å². The zero-order valence-electron chi connectivity index (χ0n) is 7.23. The van der Waals surface area contributed by atoms with Gasteiger partial charge in [-0.3, -0.25) is 10.1 Å². The molecule has 0 aromatic carbocycles. The SMILES string of the molecule is O=C(O)CNC(CO)(CO)CO.P. The van der Waals surface area contributed by atoms with E-state index in [9.17, 15) is 4.79 Å². The minimum atomic E-state index is -1.31. The molecule has 7 heteroatoms. The Hall–Kier alpha value is -0.260. The number of carboxylic acid groups (broad SMARTS) is 1. The lowest BCUT2D eigenvalue weighted by Gasteiger charge is -2.27.